The highest BCUT2D eigenvalue weighted by atomic mass is 32.1. The van der Waals surface area contributed by atoms with E-state index in [-0.39, 0.29) is 19.9 Å². The minimum atomic E-state index is -0.612. The lowest BCUT2D eigenvalue weighted by Crippen LogP contribution is -2.57. The van der Waals surface area contributed by atoms with Gasteiger partial charge in [0.2, 0.25) is 0 Å². The molecule has 1 aliphatic heterocycles. The molecule has 1 N–H and O–H groups in total. The van der Waals surface area contributed by atoms with E-state index in [1.807, 2.05) is 61.7 Å². The molecule has 41 heavy (non-hydrogen) atoms. The Kier molecular flexibility index (Phi) is 8.83. The largest absolute Gasteiger partial charge is 0.444 e. The standard InChI is InChI=1S/C28H34FN7O3S.CH4/c1-6-21-25(33(5)26-31-22(17-40-26)18-7-9-19(29)10-8-18)36-23(30-21)11-12-24(32-36)34-13-14-35(20(15-34)16-37)27(38)39-28(2,3)4;/h7-12,17,20,37H,6,13-16H2,1-5H3;1H4/t20-;/m0./s1. The first kappa shape index (κ1) is 30.2. The van der Waals surface area contributed by atoms with Gasteiger partial charge in [-0.15, -0.1) is 16.4 Å². The molecule has 0 spiro atoms. The van der Waals surface area contributed by atoms with Gasteiger partial charge in [-0.1, -0.05) is 14.4 Å². The molecule has 0 unspecified atom stereocenters. The molecule has 1 atom stereocenters. The van der Waals surface area contributed by atoms with E-state index < -0.39 is 17.7 Å². The zero-order chi connectivity index (χ0) is 28.6. The van der Waals surface area contributed by atoms with Crippen LogP contribution in [0.5, 0.6) is 0 Å². The first-order chi connectivity index (χ1) is 19.1. The van der Waals surface area contributed by atoms with Crippen molar-refractivity contribution in [2.45, 2.75) is 53.2 Å². The number of anilines is 3. The quantitative estimate of drug-likeness (QED) is 0.323. The molecule has 1 aromatic carbocycles. The van der Waals surface area contributed by atoms with E-state index in [0.717, 1.165) is 33.7 Å². The Morgan fingerprint density at radius 3 is 2.56 bits per heavy atom. The lowest BCUT2D eigenvalue weighted by atomic mass is 10.1. The molecule has 4 heterocycles. The zero-order valence-corrected chi connectivity index (χ0v) is 24.2. The number of ether oxygens (including phenoxy) is 1. The van der Waals surface area contributed by atoms with E-state index in [9.17, 15) is 14.3 Å². The zero-order valence-electron chi connectivity index (χ0n) is 23.3. The van der Waals surface area contributed by atoms with Gasteiger partial charge >= 0.3 is 6.09 Å². The fraction of sp³-hybridized carbons (Fsp3) is 0.448. The smallest absolute Gasteiger partial charge is 0.410 e. The van der Waals surface area contributed by atoms with Crippen LogP contribution in [0.1, 0.15) is 40.8 Å². The van der Waals surface area contributed by atoms with Crippen molar-refractivity contribution in [2.75, 3.05) is 43.1 Å². The summed E-state index contributed by atoms with van der Waals surface area (Å²) in [4.78, 5) is 27.9. The number of aliphatic hydroxyl groups is 1. The molecule has 1 aliphatic rings. The maximum atomic E-state index is 13.4. The third kappa shape index (κ3) is 6.28. The number of carbonyl (C=O) groups is 1. The number of hydrogen-bond donors (Lipinski definition) is 1. The van der Waals surface area contributed by atoms with E-state index >= 15 is 0 Å². The molecule has 0 radical (unpaired) electrons. The van der Waals surface area contributed by atoms with Crippen LogP contribution in [0.2, 0.25) is 0 Å². The topological polar surface area (TPSA) is 99.3 Å². The number of aliphatic hydroxyl groups excluding tert-OH is 1. The molecule has 12 heteroatoms. The number of aromatic nitrogens is 4. The van der Waals surface area contributed by atoms with E-state index in [0.29, 0.717) is 31.7 Å². The number of aryl methyl sites for hydroxylation is 1. The van der Waals surface area contributed by atoms with E-state index in [4.69, 9.17) is 19.8 Å². The third-order valence-corrected chi connectivity index (χ3v) is 7.64. The number of imidazole rings is 1. The van der Waals surface area contributed by atoms with Crippen molar-refractivity contribution in [2.24, 2.45) is 0 Å². The van der Waals surface area contributed by atoms with E-state index in [1.54, 1.807) is 17.0 Å². The minimum Gasteiger partial charge on any atom is -0.444 e. The van der Waals surface area contributed by atoms with Crippen LogP contribution in [0.4, 0.5) is 26.0 Å². The van der Waals surface area contributed by atoms with Gasteiger partial charge in [-0.05, 0) is 63.6 Å². The number of hydrogen-bond acceptors (Lipinski definition) is 9. The summed E-state index contributed by atoms with van der Waals surface area (Å²) in [5, 5.41) is 17.7. The maximum absolute atomic E-state index is 13.4. The number of nitrogens with zero attached hydrogens (tertiary/aromatic N) is 7. The summed E-state index contributed by atoms with van der Waals surface area (Å²) in [5.74, 6) is 1.24. The van der Waals surface area contributed by atoms with Crippen LogP contribution >= 0.6 is 11.3 Å². The fourth-order valence-corrected chi connectivity index (χ4v) is 5.54. The van der Waals surface area contributed by atoms with Gasteiger partial charge in [-0.2, -0.15) is 4.52 Å². The molecule has 5 rings (SSSR count). The van der Waals surface area contributed by atoms with Crippen LogP contribution < -0.4 is 9.80 Å². The van der Waals surface area contributed by atoms with Gasteiger partial charge in [-0.3, -0.25) is 4.90 Å². The Labute approximate surface area is 244 Å². The summed E-state index contributed by atoms with van der Waals surface area (Å²) in [6.07, 6.45) is 0.277. The van der Waals surface area contributed by atoms with Gasteiger partial charge in [0.1, 0.15) is 17.2 Å². The Morgan fingerprint density at radius 1 is 1.17 bits per heavy atom. The van der Waals surface area contributed by atoms with Crippen molar-refractivity contribution in [1.29, 1.82) is 0 Å². The molecular formula is C29H38FN7O3S. The van der Waals surface area contributed by atoms with Crippen LogP contribution in [0.3, 0.4) is 0 Å². The number of fused-ring (bicyclic) bond motifs is 1. The summed E-state index contributed by atoms with van der Waals surface area (Å²) in [7, 11) is 1.94. The van der Waals surface area contributed by atoms with Crippen molar-refractivity contribution in [3.05, 3.63) is 53.3 Å². The average Bonchev–Trinajstić information content (AvgIpc) is 3.56. The molecule has 0 bridgehead atoms. The van der Waals surface area contributed by atoms with Crippen LogP contribution in [-0.2, 0) is 11.2 Å². The monoisotopic (exact) mass is 583 g/mol. The first-order valence-electron chi connectivity index (χ1n) is 13.3. The Bertz CT molecular complexity index is 1500. The second kappa shape index (κ2) is 12.0. The molecule has 1 amide bonds. The maximum Gasteiger partial charge on any atom is 0.410 e. The van der Waals surface area contributed by atoms with Crippen LogP contribution in [0, 0.1) is 5.82 Å². The predicted molar refractivity (Wildman–Crippen MR) is 161 cm³/mol. The molecule has 1 fully saturated rings. The highest BCUT2D eigenvalue weighted by Crippen LogP contribution is 2.34. The summed E-state index contributed by atoms with van der Waals surface area (Å²) in [5.41, 5.74) is 2.59. The third-order valence-electron chi connectivity index (χ3n) is 6.73. The number of piperazine rings is 1. The molecule has 0 saturated carbocycles. The van der Waals surface area contributed by atoms with Gasteiger partial charge in [-0.25, -0.2) is 19.2 Å². The second-order valence-corrected chi connectivity index (χ2v) is 11.6. The first-order valence-corrected chi connectivity index (χ1v) is 14.1. The van der Waals surface area contributed by atoms with Crippen molar-refractivity contribution >= 4 is 39.8 Å². The number of halogens is 1. The lowest BCUT2D eigenvalue weighted by Gasteiger charge is -2.41. The minimum absolute atomic E-state index is 0. The number of carbonyl (C=O) groups excluding carboxylic acids is 1. The Balaban J connectivity index is 0.00000387. The number of benzene rings is 1. The summed E-state index contributed by atoms with van der Waals surface area (Å²) >= 11 is 1.49. The van der Waals surface area contributed by atoms with Gasteiger partial charge < -0.3 is 19.6 Å². The fourth-order valence-electron chi connectivity index (χ4n) is 4.74. The van der Waals surface area contributed by atoms with Crippen molar-refractivity contribution in [1.82, 2.24) is 24.5 Å². The Morgan fingerprint density at radius 2 is 1.90 bits per heavy atom. The van der Waals surface area contributed by atoms with Gasteiger partial charge in [0.15, 0.2) is 16.6 Å². The molecule has 10 nitrogen and oxygen atoms in total. The number of rotatable bonds is 6. The van der Waals surface area contributed by atoms with Crippen molar-refractivity contribution < 1.29 is 19.0 Å². The summed E-state index contributed by atoms with van der Waals surface area (Å²) < 4.78 is 20.8. The van der Waals surface area contributed by atoms with Crippen molar-refractivity contribution in [3.8, 4) is 11.3 Å². The van der Waals surface area contributed by atoms with Gasteiger partial charge in [0.05, 0.1) is 24.0 Å². The molecule has 3 aromatic heterocycles. The number of thiazole rings is 1. The second-order valence-electron chi connectivity index (χ2n) is 10.7. The normalized spacial score (nSPS) is 15.6. The van der Waals surface area contributed by atoms with Crippen LogP contribution in [-0.4, -0.2) is 80.6 Å². The van der Waals surface area contributed by atoms with E-state index in [2.05, 4.69) is 4.90 Å². The highest BCUT2D eigenvalue weighted by Gasteiger charge is 2.34. The lowest BCUT2D eigenvalue weighted by molar-refractivity contribution is 0.00698. The molecule has 220 valence electrons. The highest BCUT2D eigenvalue weighted by molar-refractivity contribution is 7.14. The van der Waals surface area contributed by atoms with E-state index in [1.165, 1.54) is 23.5 Å². The number of amides is 1. The molecule has 1 saturated heterocycles. The average molecular weight is 584 g/mol. The summed E-state index contributed by atoms with van der Waals surface area (Å²) in [6, 6.07) is 9.72. The van der Waals surface area contributed by atoms with Gasteiger partial charge in [0, 0.05) is 37.6 Å². The SMILES string of the molecule is C.CCc1nc2ccc(N3CCN(C(=O)OC(C)(C)C)[C@H](CO)C3)nn2c1N(C)c1nc(-c2ccc(F)cc2)cs1. The molecular weight excluding hydrogens is 545 g/mol. The Hall–Kier alpha value is -3.77. The predicted octanol–water partition coefficient (Wildman–Crippen LogP) is 5.38. The van der Waals surface area contributed by atoms with Gasteiger partial charge in [0.25, 0.3) is 0 Å². The van der Waals surface area contributed by atoms with Crippen molar-refractivity contribution in [3.63, 3.8) is 0 Å². The van der Waals surface area contributed by atoms with Crippen LogP contribution in [0.15, 0.2) is 41.8 Å². The summed E-state index contributed by atoms with van der Waals surface area (Å²) in [6.45, 7) is 8.72. The molecule has 4 aromatic rings. The molecule has 0 aliphatic carbocycles. The van der Waals surface area contributed by atoms with Crippen LogP contribution in [0.25, 0.3) is 16.9 Å².